The highest BCUT2D eigenvalue weighted by Crippen LogP contribution is 2.17. The maximum absolute atomic E-state index is 12.8. The molecule has 1 aliphatic rings. The molecule has 162 valence electrons. The number of nitrogens with zero attached hydrogens (tertiary/aromatic N) is 3. The van der Waals surface area contributed by atoms with Crippen molar-refractivity contribution in [3.63, 3.8) is 0 Å². The van der Waals surface area contributed by atoms with E-state index in [0.29, 0.717) is 37.1 Å². The van der Waals surface area contributed by atoms with E-state index in [2.05, 4.69) is 43.0 Å². The third kappa shape index (κ3) is 5.14. The summed E-state index contributed by atoms with van der Waals surface area (Å²) < 4.78 is 7.30. The Hall–Kier alpha value is -3.12. The summed E-state index contributed by atoms with van der Waals surface area (Å²) >= 11 is 0. The fourth-order valence-electron chi connectivity index (χ4n) is 3.87. The van der Waals surface area contributed by atoms with E-state index in [9.17, 15) is 9.59 Å². The number of pyridine rings is 1. The van der Waals surface area contributed by atoms with E-state index in [1.54, 1.807) is 35.0 Å². The number of piperazine rings is 1. The number of carbonyl (C=O) groups is 1. The van der Waals surface area contributed by atoms with Gasteiger partial charge in [0.25, 0.3) is 11.5 Å². The third-order valence-corrected chi connectivity index (χ3v) is 5.81. The average Bonchev–Trinajstić information content (AvgIpc) is 3.24. The number of benzene rings is 1. The molecule has 0 saturated carbocycles. The van der Waals surface area contributed by atoms with Crippen molar-refractivity contribution < 1.29 is 9.21 Å². The van der Waals surface area contributed by atoms with Gasteiger partial charge >= 0.3 is 0 Å². The number of carbonyl (C=O) groups excluding carboxylic acids is 1. The molecule has 2 aromatic heterocycles. The molecule has 6 nitrogen and oxygen atoms in total. The van der Waals surface area contributed by atoms with Gasteiger partial charge in [0.15, 0.2) is 5.76 Å². The van der Waals surface area contributed by atoms with Gasteiger partial charge in [-0.25, -0.2) is 0 Å². The Kier molecular flexibility index (Phi) is 6.37. The van der Waals surface area contributed by atoms with Gasteiger partial charge in [0.2, 0.25) is 0 Å². The molecule has 0 unspecified atom stereocenters. The fraction of sp³-hybridized carbons (Fsp3) is 0.360. The molecule has 6 heteroatoms. The Bertz CT molecular complexity index is 1070. The summed E-state index contributed by atoms with van der Waals surface area (Å²) in [5.74, 6) is 1.38. The minimum atomic E-state index is -0.0956. The van der Waals surface area contributed by atoms with Crippen LogP contribution in [0.25, 0.3) is 0 Å². The first-order chi connectivity index (χ1) is 15.0. The highest BCUT2D eigenvalue weighted by Gasteiger charge is 2.24. The van der Waals surface area contributed by atoms with Gasteiger partial charge in [-0.1, -0.05) is 44.2 Å². The van der Waals surface area contributed by atoms with Crippen molar-refractivity contribution >= 4 is 5.91 Å². The van der Waals surface area contributed by atoms with Crippen LogP contribution in [0, 0.1) is 0 Å². The van der Waals surface area contributed by atoms with Gasteiger partial charge in [-0.3, -0.25) is 14.5 Å². The lowest BCUT2D eigenvalue weighted by molar-refractivity contribution is 0.0596. The zero-order valence-electron chi connectivity index (χ0n) is 18.2. The number of furan rings is 1. The molecule has 3 aromatic rings. The van der Waals surface area contributed by atoms with Crippen LogP contribution in [0.3, 0.4) is 0 Å². The Balaban J connectivity index is 1.31. The van der Waals surface area contributed by atoms with Gasteiger partial charge in [-0.05, 0) is 35.2 Å². The summed E-state index contributed by atoms with van der Waals surface area (Å²) in [6, 6.07) is 17.3. The van der Waals surface area contributed by atoms with E-state index in [4.69, 9.17) is 4.42 Å². The summed E-state index contributed by atoms with van der Waals surface area (Å²) in [6.07, 6.45) is 1.71. The molecule has 1 aromatic carbocycles. The zero-order chi connectivity index (χ0) is 21.8. The molecule has 31 heavy (non-hydrogen) atoms. The third-order valence-electron chi connectivity index (χ3n) is 5.81. The van der Waals surface area contributed by atoms with Gasteiger partial charge in [0, 0.05) is 45.0 Å². The number of hydrogen-bond donors (Lipinski definition) is 0. The first-order valence-corrected chi connectivity index (χ1v) is 10.8. The summed E-state index contributed by atoms with van der Waals surface area (Å²) in [6.45, 7) is 8.65. The fourth-order valence-corrected chi connectivity index (χ4v) is 3.87. The summed E-state index contributed by atoms with van der Waals surface area (Å²) in [7, 11) is 0. The van der Waals surface area contributed by atoms with Crippen LogP contribution in [-0.2, 0) is 13.1 Å². The summed E-state index contributed by atoms with van der Waals surface area (Å²) in [5, 5.41) is 0. The maximum Gasteiger partial charge on any atom is 0.289 e. The van der Waals surface area contributed by atoms with Crippen molar-refractivity contribution in [2.75, 3.05) is 26.2 Å². The largest absolute Gasteiger partial charge is 0.454 e. The van der Waals surface area contributed by atoms with E-state index in [0.717, 1.165) is 19.6 Å². The standard InChI is InChI=1S/C25H29N3O3/c1-19(2)21-8-6-20(7-9-21)17-26-13-15-27(16-14-26)25(30)23-11-10-22(31-23)18-28-12-4-3-5-24(28)29/h3-12,19H,13-18H2,1-2H3. The van der Waals surface area contributed by atoms with E-state index in [1.807, 2.05) is 4.90 Å². The summed E-state index contributed by atoms with van der Waals surface area (Å²) in [5.41, 5.74) is 2.56. The Morgan fingerprint density at radius 3 is 2.35 bits per heavy atom. The van der Waals surface area contributed by atoms with Crippen LogP contribution in [0.2, 0.25) is 0 Å². The quantitative estimate of drug-likeness (QED) is 0.613. The van der Waals surface area contributed by atoms with Crippen molar-refractivity contribution in [2.24, 2.45) is 0 Å². The van der Waals surface area contributed by atoms with Crippen LogP contribution in [-0.4, -0.2) is 46.5 Å². The molecule has 4 rings (SSSR count). The lowest BCUT2D eigenvalue weighted by Gasteiger charge is -2.34. The SMILES string of the molecule is CC(C)c1ccc(CN2CCN(C(=O)c3ccc(Cn4ccccc4=O)o3)CC2)cc1. The number of hydrogen-bond acceptors (Lipinski definition) is 4. The molecule has 0 bridgehead atoms. The highest BCUT2D eigenvalue weighted by molar-refractivity contribution is 5.91. The van der Waals surface area contributed by atoms with Crippen molar-refractivity contribution in [1.82, 2.24) is 14.4 Å². The maximum atomic E-state index is 12.8. The van der Waals surface area contributed by atoms with Gasteiger partial charge in [0.05, 0.1) is 6.54 Å². The number of rotatable bonds is 6. The second-order valence-electron chi connectivity index (χ2n) is 8.40. The highest BCUT2D eigenvalue weighted by atomic mass is 16.4. The number of aromatic nitrogens is 1. The molecule has 1 aliphatic heterocycles. The number of amides is 1. The van der Waals surface area contributed by atoms with Crippen LogP contribution < -0.4 is 5.56 Å². The Labute approximate surface area is 182 Å². The first kappa shape index (κ1) is 21.1. The molecule has 0 spiro atoms. The van der Waals surface area contributed by atoms with Crippen molar-refractivity contribution in [3.05, 3.63) is 93.8 Å². The van der Waals surface area contributed by atoms with Crippen LogP contribution >= 0.6 is 0 Å². The smallest absolute Gasteiger partial charge is 0.289 e. The zero-order valence-corrected chi connectivity index (χ0v) is 18.2. The van der Waals surface area contributed by atoms with Gasteiger partial charge < -0.3 is 13.9 Å². The van der Waals surface area contributed by atoms with Gasteiger partial charge in [-0.2, -0.15) is 0 Å². The lowest BCUT2D eigenvalue weighted by atomic mass is 10.0. The van der Waals surface area contributed by atoms with Crippen LogP contribution in [0.1, 0.15) is 47.2 Å². The topological polar surface area (TPSA) is 58.7 Å². The van der Waals surface area contributed by atoms with Crippen molar-refractivity contribution in [2.45, 2.75) is 32.9 Å². The molecule has 1 saturated heterocycles. The second-order valence-corrected chi connectivity index (χ2v) is 8.40. The second kappa shape index (κ2) is 9.35. The van der Waals surface area contributed by atoms with E-state index in [1.165, 1.54) is 17.2 Å². The molecule has 1 amide bonds. The van der Waals surface area contributed by atoms with Gasteiger partial charge in [-0.15, -0.1) is 0 Å². The monoisotopic (exact) mass is 419 g/mol. The summed E-state index contributed by atoms with van der Waals surface area (Å²) in [4.78, 5) is 28.9. The lowest BCUT2D eigenvalue weighted by Crippen LogP contribution is -2.48. The normalized spacial score (nSPS) is 14.9. The predicted molar refractivity (Wildman–Crippen MR) is 120 cm³/mol. The Morgan fingerprint density at radius 1 is 0.935 bits per heavy atom. The van der Waals surface area contributed by atoms with Crippen LogP contribution in [0.4, 0.5) is 0 Å². The minimum absolute atomic E-state index is 0.0902. The first-order valence-electron chi connectivity index (χ1n) is 10.8. The average molecular weight is 420 g/mol. The van der Waals surface area contributed by atoms with Crippen LogP contribution in [0.5, 0.6) is 0 Å². The molecular formula is C25H29N3O3. The van der Waals surface area contributed by atoms with E-state index in [-0.39, 0.29) is 11.5 Å². The van der Waals surface area contributed by atoms with Crippen molar-refractivity contribution in [3.8, 4) is 0 Å². The van der Waals surface area contributed by atoms with Crippen molar-refractivity contribution in [1.29, 1.82) is 0 Å². The van der Waals surface area contributed by atoms with Crippen LogP contribution in [0.15, 0.2) is 70.0 Å². The minimum Gasteiger partial charge on any atom is -0.454 e. The molecule has 0 radical (unpaired) electrons. The van der Waals surface area contributed by atoms with Gasteiger partial charge in [0.1, 0.15) is 5.76 Å². The molecule has 0 atom stereocenters. The van der Waals surface area contributed by atoms with E-state index < -0.39 is 0 Å². The predicted octanol–water partition coefficient (Wildman–Crippen LogP) is 3.57. The molecule has 1 fully saturated rings. The molecule has 0 aliphatic carbocycles. The molecule has 3 heterocycles. The van der Waals surface area contributed by atoms with E-state index >= 15 is 0 Å². The molecular weight excluding hydrogens is 390 g/mol. The Morgan fingerprint density at radius 2 is 1.68 bits per heavy atom. The molecule has 0 N–H and O–H groups in total.